The predicted octanol–water partition coefficient (Wildman–Crippen LogP) is 1.59. The van der Waals surface area contributed by atoms with Gasteiger partial charge in [0.15, 0.2) is 5.65 Å². The summed E-state index contributed by atoms with van der Waals surface area (Å²) in [6, 6.07) is 9.81. The zero-order valence-corrected chi connectivity index (χ0v) is 16.7. The lowest BCUT2D eigenvalue weighted by Crippen LogP contribution is -2.49. The highest BCUT2D eigenvalue weighted by Crippen LogP contribution is 2.25. The lowest BCUT2D eigenvalue weighted by Gasteiger charge is -2.35. The second kappa shape index (κ2) is 8.34. The molecule has 1 aromatic carbocycles. The number of nitrogens with zero attached hydrogens (tertiary/aromatic N) is 6. The summed E-state index contributed by atoms with van der Waals surface area (Å²) in [6.45, 7) is 5.50. The molecule has 0 spiro atoms. The lowest BCUT2D eigenvalue weighted by molar-refractivity contribution is -0.131. The highest BCUT2D eigenvalue weighted by Gasteiger charge is 2.22. The maximum atomic E-state index is 12.6. The Hall–Kier alpha value is -3.36. The van der Waals surface area contributed by atoms with Crippen molar-refractivity contribution in [3.63, 3.8) is 0 Å². The van der Waals surface area contributed by atoms with Crippen molar-refractivity contribution in [3.05, 3.63) is 42.2 Å². The third kappa shape index (κ3) is 4.23. The summed E-state index contributed by atoms with van der Waals surface area (Å²) in [6.07, 6.45) is 2.04. The molecule has 29 heavy (non-hydrogen) atoms. The van der Waals surface area contributed by atoms with E-state index < -0.39 is 0 Å². The van der Waals surface area contributed by atoms with Gasteiger partial charge in [-0.05, 0) is 36.8 Å². The molecule has 0 atom stereocenters. The van der Waals surface area contributed by atoms with Crippen molar-refractivity contribution < 1.29 is 9.53 Å². The van der Waals surface area contributed by atoms with E-state index in [4.69, 9.17) is 4.74 Å². The van der Waals surface area contributed by atoms with Crippen molar-refractivity contribution in [2.45, 2.75) is 13.3 Å². The van der Waals surface area contributed by atoms with Crippen LogP contribution in [0.5, 0.6) is 5.75 Å². The molecule has 2 aromatic heterocycles. The summed E-state index contributed by atoms with van der Waals surface area (Å²) < 4.78 is 7.04. The van der Waals surface area contributed by atoms with E-state index in [1.807, 2.05) is 42.2 Å². The highest BCUT2D eigenvalue weighted by molar-refractivity contribution is 5.77. The van der Waals surface area contributed by atoms with Gasteiger partial charge in [0.2, 0.25) is 5.91 Å². The minimum absolute atomic E-state index is 0.158. The number of aromatic nitrogens is 4. The topological polar surface area (TPSA) is 87.9 Å². The number of hydrogen-bond donors (Lipinski definition) is 1. The van der Waals surface area contributed by atoms with Crippen LogP contribution < -0.4 is 15.0 Å². The fraction of sp³-hybridized carbons (Fsp3) is 0.400. The van der Waals surface area contributed by atoms with Crippen molar-refractivity contribution in [1.29, 1.82) is 0 Å². The molecule has 0 saturated carbocycles. The number of rotatable bonds is 6. The molecule has 4 rings (SSSR count). The molecule has 0 unspecified atom stereocenters. The monoisotopic (exact) mass is 395 g/mol. The number of benzene rings is 1. The van der Waals surface area contributed by atoms with E-state index in [0.717, 1.165) is 41.6 Å². The van der Waals surface area contributed by atoms with Gasteiger partial charge in [0.25, 0.3) is 0 Å². The van der Waals surface area contributed by atoms with Gasteiger partial charge in [0.05, 0.1) is 12.8 Å². The standard InChI is InChI=1S/C20H25N7O2/c1-15-3-4-17(29-2)16(13-15)21-8-7-20(28)26-11-9-25(10-12-26)19-6-5-18-23-22-14-27(18)24-19/h3-6,13-14,21H,7-12H2,1-2H3. The van der Waals surface area contributed by atoms with E-state index in [1.54, 1.807) is 18.0 Å². The fourth-order valence-corrected chi connectivity index (χ4v) is 3.49. The van der Waals surface area contributed by atoms with E-state index in [9.17, 15) is 4.79 Å². The first-order chi connectivity index (χ1) is 14.1. The van der Waals surface area contributed by atoms with Gasteiger partial charge in [-0.15, -0.1) is 15.3 Å². The van der Waals surface area contributed by atoms with E-state index in [1.165, 1.54) is 0 Å². The molecule has 9 nitrogen and oxygen atoms in total. The van der Waals surface area contributed by atoms with Gasteiger partial charge >= 0.3 is 0 Å². The van der Waals surface area contributed by atoms with Crippen LogP contribution in [0, 0.1) is 6.92 Å². The van der Waals surface area contributed by atoms with E-state index in [-0.39, 0.29) is 5.91 Å². The number of fused-ring (bicyclic) bond motifs is 1. The van der Waals surface area contributed by atoms with Crippen LogP contribution in [0.4, 0.5) is 11.5 Å². The van der Waals surface area contributed by atoms with Crippen LogP contribution in [0.3, 0.4) is 0 Å². The summed E-state index contributed by atoms with van der Waals surface area (Å²) in [5, 5.41) is 15.7. The molecule has 0 aliphatic carbocycles. The Morgan fingerprint density at radius 1 is 1.17 bits per heavy atom. The quantitative estimate of drug-likeness (QED) is 0.678. The fourth-order valence-electron chi connectivity index (χ4n) is 3.49. The first-order valence-electron chi connectivity index (χ1n) is 9.72. The first kappa shape index (κ1) is 19.0. The number of ether oxygens (including phenoxy) is 1. The third-order valence-corrected chi connectivity index (χ3v) is 5.11. The average Bonchev–Trinajstić information content (AvgIpc) is 3.22. The molecule has 0 bridgehead atoms. The molecular weight excluding hydrogens is 370 g/mol. The maximum absolute atomic E-state index is 12.6. The SMILES string of the molecule is COc1ccc(C)cc1NCCC(=O)N1CCN(c2ccc3nncn3n2)CC1. The summed E-state index contributed by atoms with van der Waals surface area (Å²) >= 11 is 0. The number of piperazine rings is 1. The minimum atomic E-state index is 0.158. The Kier molecular flexibility index (Phi) is 5.46. The van der Waals surface area contributed by atoms with Crippen molar-refractivity contribution in [1.82, 2.24) is 24.7 Å². The molecule has 3 heterocycles. The van der Waals surface area contributed by atoms with Gasteiger partial charge in [-0.1, -0.05) is 6.07 Å². The number of nitrogens with one attached hydrogen (secondary N) is 1. The molecule has 1 N–H and O–H groups in total. The maximum Gasteiger partial charge on any atom is 0.224 e. The first-order valence-corrected chi connectivity index (χ1v) is 9.72. The number of carbonyl (C=O) groups is 1. The number of carbonyl (C=O) groups excluding carboxylic acids is 1. The van der Waals surface area contributed by atoms with E-state index in [0.29, 0.717) is 26.1 Å². The van der Waals surface area contributed by atoms with Crippen LogP contribution in [-0.2, 0) is 4.79 Å². The second-order valence-electron chi connectivity index (χ2n) is 7.07. The van der Waals surface area contributed by atoms with Crippen LogP contribution in [-0.4, -0.2) is 70.5 Å². The molecular formula is C20H25N7O2. The summed E-state index contributed by atoms with van der Waals surface area (Å²) in [4.78, 5) is 16.7. The molecule has 0 radical (unpaired) electrons. The molecule has 1 aliphatic rings. The minimum Gasteiger partial charge on any atom is -0.495 e. The predicted molar refractivity (Wildman–Crippen MR) is 110 cm³/mol. The van der Waals surface area contributed by atoms with Crippen LogP contribution in [0.25, 0.3) is 5.65 Å². The number of methoxy groups -OCH3 is 1. The van der Waals surface area contributed by atoms with Crippen LogP contribution in [0.2, 0.25) is 0 Å². The van der Waals surface area contributed by atoms with Crippen LogP contribution >= 0.6 is 0 Å². The Labute approximate surface area is 169 Å². The third-order valence-electron chi connectivity index (χ3n) is 5.11. The average molecular weight is 395 g/mol. The zero-order chi connectivity index (χ0) is 20.2. The molecule has 1 saturated heterocycles. The highest BCUT2D eigenvalue weighted by atomic mass is 16.5. The van der Waals surface area contributed by atoms with Gasteiger partial charge in [0, 0.05) is 39.1 Å². The number of amides is 1. The van der Waals surface area contributed by atoms with Crippen LogP contribution in [0.1, 0.15) is 12.0 Å². The Morgan fingerprint density at radius 2 is 2.00 bits per heavy atom. The lowest BCUT2D eigenvalue weighted by atomic mass is 10.2. The zero-order valence-electron chi connectivity index (χ0n) is 16.7. The molecule has 1 amide bonds. The molecule has 1 aliphatic heterocycles. The van der Waals surface area contributed by atoms with Crippen molar-refractivity contribution in [3.8, 4) is 5.75 Å². The van der Waals surface area contributed by atoms with E-state index in [2.05, 4.69) is 25.5 Å². The van der Waals surface area contributed by atoms with Crippen molar-refractivity contribution >= 4 is 23.1 Å². The summed E-state index contributed by atoms with van der Waals surface area (Å²) in [5.41, 5.74) is 2.79. The van der Waals surface area contributed by atoms with Gasteiger partial charge < -0.3 is 19.9 Å². The second-order valence-corrected chi connectivity index (χ2v) is 7.07. The molecule has 152 valence electrons. The van der Waals surface area contributed by atoms with E-state index >= 15 is 0 Å². The van der Waals surface area contributed by atoms with Crippen LogP contribution in [0.15, 0.2) is 36.7 Å². The normalized spacial score (nSPS) is 14.3. The Morgan fingerprint density at radius 3 is 2.79 bits per heavy atom. The van der Waals surface area contributed by atoms with Gasteiger partial charge in [-0.25, -0.2) is 0 Å². The molecule has 9 heteroatoms. The Bertz CT molecular complexity index is 995. The number of anilines is 2. The van der Waals surface area contributed by atoms with Crippen molar-refractivity contribution in [2.75, 3.05) is 50.1 Å². The van der Waals surface area contributed by atoms with Gasteiger partial charge in [-0.3, -0.25) is 4.79 Å². The molecule has 1 fully saturated rings. The Balaban J connectivity index is 1.27. The smallest absolute Gasteiger partial charge is 0.224 e. The number of hydrogen-bond acceptors (Lipinski definition) is 7. The summed E-state index contributed by atoms with van der Waals surface area (Å²) in [5.74, 6) is 1.82. The largest absolute Gasteiger partial charge is 0.495 e. The van der Waals surface area contributed by atoms with Gasteiger partial charge in [-0.2, -0.15) is 4.52 Å². The molecule has 3 aromatic rings. The van der Waals surface area contributed by atoms with Crippen molar-refractivity contribution in [2.24, 2.45) is 0 Å². The van der Waals surface area contributed by atoms with Gasteiger partial charge in [0.1, 0.15) is 17.9 Å². The summed E-state index contributed by atoms with van der Waals surface area (Å²) in [7, 11) is 1.65. The number of aryl methyl sites for hydroxylation is 1.